The molecule has 4 atom stereocenters. The quantitative estimate of drug-likeness (QED) is 0.557. The molecule has 138 valence electrons. The molecule has 6 nitrogen and oxygen atoms in total. The number of para-hydroxylation sites is 1. The van der Waals surface area contributed by atoms with Crippen LogP contribution in [0.25, 0.3) is 10.2 Å². The number of benzene rings is 2. The fraction of sp³-hybridized carbons (Fsp3) is 0.300. The van der Waals surface area contributed by atoms with E-state index in [1.54, 1.807) is 0 Å². The zero-order valence-corrected chi connectivity index (χ0v) is 15.2. The summed E-state index contributed by atoms with van der Waals surface area (Å²) in [5.74, 6) is 0.480. The van der Waals surface area contributed by atoms with Crippen molar-refractivity contribution in [1.82, 2.24) is 4.98 Å². The average molecular weight is 382 g/mol. The lowest BCUT2D eigenvalue weighted by Crippen LogP contribution is -2.34. The van der Waals surface area contributed by atoms with Crippen molar-refractivity contribution in [1.29, 1.82) is 0 Å². The molecule has 0 bridgehead atoms. The molecular formula is C20H18N2O4S. The Bertz CT molecular complexity index is 941. The normalized spacial score (nSPS) is 27.8. The maximum absolute atomic E-state index is 9.94. The van der Waals surface area contributed by atoms with Gasteiger partial charge in [0.25, 0.3) is 0 Å². The van der Waals surface area contributed by atoms with Crippen LogP contribution in [0.5, 0.6) is 0 Å². The molecule has 1 aromatic heterocycles. The minimum Gasteiger partial charge on any atom is -0.468 e. The zero-order valence-electron chi connectivity index (χ0n) is 14.4. The van der Waals surface area contributed by atoms with Crippen molar-refractivity contribution in [3.63, 3.8) is 0 Å². The number of aliphatic imine (C=N–C) groups is 1. The van der Waals surface area contributed by atoms with E-state index >= 15 is 0 Å². The molecule has 2 saturated heterocycles. The minimum atomic E-state index is -0.607. The molecular weight excluding hydrogens is 364 g/mol. The summed E-state index contributed by atoms with van der Waals surface area (Å²) in [6, 6.07) is 17.7. The molecule has 0 amide bonds. The van der Waals surface area contributed by atoms with Crippen LogP contribution in [-0.2, 0) is 14.2 Å². The fourth-order valence-electron chi connectivity index (χ4n) is 3.42. The number of ether oxygens (including phenoxy) is 3. The summed E-state index contributed by atoms with van der Waals surface area (Å²) in [6.45, 7) is 0.628. The third-order valence-corrected chi connectivity index (χ3v) is 5.68. The lowest BCUT2D eigenvalue weighted by molar-refractivity contribution is 0.00618. The van der Waals surface area contributed by atoms with Crippen LogP contribution >= 0.6 is 11.3 Å². The maximum Gasteiger partial charge on any atom is 0.223 e. The zero-order chi connectivity index (χ0) is 18.2. The number of fused-ring (bicyclic) bond motifs is 2. The Kier molecular flexibility index (Phi) is 4.37. The number of aliphatic hydroxyl groups is 1. The highest BCUT2D eigenvalue weighted by molar-refractivity contribution is 7.22. The Labute approximate surface area is 160 Å². The van der Waals surface area contributed by atoms with Gasteiger partial charge in [0.05, 0.1) is 23.4 Å². The SMILES string of the molecule is O[C@@H]1CO[C@H]2[C@@H]1OC[C@@H]2O/C(=N\c1nc2ccccc2s1)c1ccccc1. The van der Waals surface area contributed by atoms with E-state index < -0.39 is 6.10 Å². The van der Waals surface area contributed by atoms with Gasteiger partial charge in [-0.2, -0.15) is 4.99 Å². The monoisotopic (exact) mass is 382 g/mol. The number of rotatable bonds is 3. The lowest BCUT2D eigenvalue weighted by atomic mass is 10.1. The molecule has 2 aliphatic heterocycles. The molecule has 2 aromatic carbocycles. The average Bonchev–Trinajstić information content (AvgIpc) is 3.39. The van der Waals surface area contributed by atoms with E-state index in [1.807, 2.05) is 54.6 Å². The van der Waals surface area contributed by atoms with Crippen molar-refractivity contribution < 1.29 is 19.3 Å². The van der Waals surface area contributed by atoms with Crippen molar-refractivity contribution in [2.24, 2.45) is 4.99 Å². The molecule has 2 aliphatic rings. The number of thiazole rings is 1. The van der Waals surface area contributed by atoms with Crippen molar-refractivity contribution in [2.75, 3.05) is 13.2 Å². The maximum atomic E-state index is 9.94. The highest BCUT2D eigenvalue weighted by atomic mass is 32.1. The number of hydrogen-bond acceptors (Lipinski definition) is 7. The number of aromatic nitrogens is 1. The Morgan fingerprint density at radius 2 is 1.81 bits per heavy atom. The first-order chi connectivity index (χ1) is 13.3. The number of aliphatic hydroxyl groups excluding tert-OH is 1. The summed E-state index contributed by atoms with van der Waals surface area (Å²) in [4.78, 5) is 9.27. The summed E-state index contributed by atoms with van der Waals surface area (Å²) in [7, 11) is 0. The largest absolute Gasteiger partial charge is 0.468 e. The standard InChI is InChI=1S/C20H18N2O4S/c23-14-10-24-18-15(11-25-17(14)18)26-19(12-6-2-1-3-7-12)22-20-21-13-8-4-5-9-16(13)27-20/h1-9,14-15,17-18,23H,10-11H2/b22-19-/t14-,15+,17-,18-/m1/s1. The van der Waals surface area contributed by atoms with Crippen molar-refractivity contribution in [2.45, 2.75) is 24.4 Å². The first-order valence-corrected chi connectivity index (χ1v) is 9.67. The van der Waals surface area contributed by atoms with Gasteiger partial charge in [0.2, 0.25) is 11.0 Å². The second-order valence-corrected chi connectivity index (χ2v) is 7.58. The van der Waals surface area contributed by atoms with E-state index in [9.17, 15) is 5.11 Å². The van der Waals surface area contributed by atoms with Crippen LogP contribution in [0.1, 0.15) is 5.56 Å². The molecule has 5 rings (SSSR count). The Balaban J connectivity index is 1.48. The molecule has 0 unspecified atom stereocenters. The summed E-state index contributed by atoms with van der Waals surface area (Å²) in [5.41, 5.74) is 1.78. The van der Waals surface area contributed by atoms with E-state index in [0.29, 0.717) is 17.6 Å². The van der Waals surface area contributed by atoms with Crippen LogP contribution < -0.4 is 0 Å². The Morgan fingerprint density at radius 3 is 2.67 bits per heavy atom. The summed E-state index contributed by atoms with van der Waals surface area (Å²) >= 11 is 1.52. The lowest BCUT2D eigenvalue weighted by Gasteiger charge is -2.19. The van der Waals surface area contributed by atoms with Crippen LogP contribution in [-0.4, -0.2) is 53.6 Å². The van der Waals surface area contributed by atoms with Gasteiger partial charge in [0.15, 0.2) is 6.10 Å². The molecule has 0 saturated carbocycles. The Morgan fingerprint density at radius 1 is 1.04 bits per heavy atom. The van der Waals surface area contributed by atoms with E-state index in [0.717, 1.165) is 15.8 Å². The van der Waals surface area contributed by atoms with Gasteiger partial charge in [0, 0.05) is 5.56 Å². The van der Waals surface area contributed by atoms with Gasteiger partial charge in [-0.05, 0) is 24.3 Å². The predicted molar refractivity (Wildman–Crippen MR) is 103 cm³/mol. The first-order valence-electron chi connectivity index (χ1n) is 8.85. The number of nitrogens with zero attached hydrogens (tertiary/aromatic N) is 2. The smallest absolute Gasteiger partial charge is 0.223 e. The van der Waals surface area contributed by atoms with Crippen LogP contribution in [0, 0.1) is 0 Å². The van der Waals surface area contributed by atoms with Crippen LogP contribution in [0.3, 0.4) is 0 Å². The summed E-state index contributed by atoms with van der Waals surface area (Å²) in [5, 5.41) is 10.6. The highest BCUT2D eigenvalue weighted by Crippen LogP contribution is 2.31. The molecule has 2 fully saturated rings. The molecule has 0 spiro atoms. The predicted octanol–water partition coefficient (Wildman–Crippen LogP) is 2.92. The summed E-state index contributed by atoms with van der Waals surface area (Å²) in [6.07, 6.45) is -1.55. The topological polar surface area (TPSA) is 73.2 Å². The van der Waals surface area contributed by atoms with Gasteiger partial charge in [-0.1, -0.05) is 41.7 Å². The van der Waals surface area contributed by atoms with Crippen molar-refractivity contribution in [3.05, 3.63) is 60.2 Å². The minimum absolute atomic E-state index is 0.269. The first kappa shape index (κ1) is 16.8. The van der Waals surface area contributed by atoms with E-state index in [-0.39, 0.29) is 24.9 Å². The third-order valence-electron chi connectivity index (χ3n) is 4.75. The van der Waals surface area contributed by atoms with Gasteiger partial charge in [-0.25, -0.2) is 4.98 Å². The highest BCUT2D eigenvalue weighted by Gasteiger charge is 2.48. The fourth-order valence-corrected chi connectivity index (χ4v) is 4.26. The third kappa shape index (κ3) is 3.23. The van der Waals surface area contributed by atoms with Crippen LogP contribution in [0.4, 0.5) is 5.13 Å². The van der Waals surface area contributed by atoms with E-state index in [2.05, 4.69) is 4.98 Å². The van der Waals surface area contributed by atoms with Gasteiger partial charge in [-0.15, -0.1) is 0 Å². The molecule has 3 heterocycles. The van der Waals surface area contributed by atoms with Gasteiger partial charge in [-0.3, -0.25) is 0 Å². The molecule has 1 N–H and O–H groups in total. The number of hydrogen-bond donors (Lipinski definition) is 1. The molecule has 7 heteroatoms. The van der Waals surface area contributed by atoms with Crippen molar-refractivity contribution >= 4 is 32.6 Å². The molecule has 27 heavy (non-hydrogen) atoms. The van der Waals surface area contributed by atoms with Crippen LogP contribution in [0.15, 0.2) is 59.6 Å². The van der Waals surface area contributed by atoms with E-state index in [1.165, 1.54) is 11.3 Å². The summed E-state index contributed by atoms with van der Waals surface area (Å²) < 4.78 is 18.6. The van der Waals surface area contributed by atoms with E-state index in [4.69, 9.17) is 19.2 Å². The Hall–Kier alpha value is -2.32. The molecule has 3 aromatic rings. The molecule has 0 radical (unpaired) electrons. The molecule has 0 aliphatic carbocycles. The van der Waals surface area contributed by atoms with Gasteiger partial charge >= 0.3 is 0 Å². The van der Waals surface area contributed by atoms with Gasteiger partial charge < -0.3 is 19.3 Å². The van der Waals surface area contributed by atoms with Crippen molar-refractivity contribution in [3.8, 4) is 0 Å². The van der Waals surface area contributed by atoms with Gasteiger partial charge in [0.1, 0.15) is 18.3 Å². The second kappa shape index (κ2) is 7.01. The second-order valence-electron chi connectivity index (χ2n) is 6.57. The van der Waals surface area contributed by atoms with Crippen LogP contribution in [0.2, 0.25) is 0 Å².